The summed E-state index contributed by atoms with van der Waals surface area (Å²) in [5, 5.41) is 0. The molecule has 0 atom stereocenters. The molecule has 0 saturated carbocycles. The predicted octanol–water partition coefficient (Wildman–Crippen LogP) is 5.66. The van der Waals surface area contributed by atoms with E-state index < -0.39 is 0 Å². The summed E-state index contributed by atoms with van der Waals surface area (Å²) < 4.78 is 0. The highest BCUT2D eigenvalue weighted by Crippen LogP contribution is 2.13. The molecule has 0 spiro atoms. The van der Waals surface area contributed by atoms with Gasteiger partial charge in [0.2, 0.25) is 0 Å². The molecule has 2 nitrogen and oxygen atoms in total. The SMILES string of the molecule is NC=CCCCCCCCCCCCCCCCCCN. The van der Waals surface area contributed by atoms with E-state index in [0.29, 0.717) is 0 Å². The van der Waals surface area contributed by atoms with Crippen molar-refractivity contribution < 1.29 is 0 Å². The number of hydrogen-bond acceptors (Lipinski definition) is 2. The molecule has 4 N–H and O–H groups in total. The van der Waals surface area contributed by atoms with Crippen molar-refractivity contribution in [2.75, 3.05) is 6.54 Å². The second kappa shape index (κ2) is 19.5. The fraction of sp³-hybridized carbons (Fsp3) is 0.895. The van der Waals surface area contributed by atoms with Gasteiger partial charge in [-0.15, -0.1) is 0 Å². The van der Waals surface area contributed by atoms with E-state index >= 15 is 0 Å². The monoisotopic (exact) mass is 296 g/mol. The molecule has 126 valence electrons. The Morgan fingerprint density at radius 2 is 0.810 bits per heavy atom. The second-order valence-electron chi connectivity index (χ2n) is 6.31. The van der Waals surface area contributed by atoms with Crippen LogP contribution in [0.3, 0.4) is 0 Å². The van der Waals surface area contributed by atoms with Crippen LogP contribution < -0.4 is 11.5 Å². The van der Waals surface area contributed by atoms with Crippen molar-refractivity contribution in [3.63, 3.8) is 0 Å². The quantitative estimate of drug-likeness (QED) is 0.340. The third-order valence-electron chi connectivity index (χ3n) is 4.21. The standard InChI is InChI=1S/C19H40N2/c20-18-16-14-12-10-8-6-4-2-1-3-5-7-9-11-13-15-17-19-21/h16,18H,1-15,17,19-21H2. The van der Waals surface area contributed by atoms with Crippen LogP contribution in [0, 0.1) is 0 Å². The fourth-order valence-electron chi connectivity index (χ4n) is 2.80. The Balaban J connectivity index is 2.93. The fourth-order valence-corrected chi connectivity index (χ4v) is 2.80. The summed E-state index contributed by atoms with van der Waals surface area (Å²) in [4.78, 5) is 0. The van der Waals surface area contributed by atoms with Crippen LogP contribution >= 0.6 is 0 Å². The van der Waals surface area contributed by atoms with Gasteiger partial charge in [-0.2, -0.15) is 0 Å². The van der Waals surface area contributed by atoms with Gasteiger partial charge in [0.25, 0.3) is 0 Å². The van der Waals surface area contributed by atoms with Gasteiger partial charge >= 0.3 is 0 Å². The molecule has 0 aliphatic carbocycles. The van der Waals surface area contributed by atoms with Crippen LogP contribution in [-0.2, 0) is 0 Å². The van der Waals surface area contributed by atoms with Crippen molar-refractivity contribution in [2.24, 2.45) is 11.5 Å². The van der Waals surface area contributed by atoms with Crippen LogP contribution in [-0.4, -0.2) is 6.54 Å². The summed E-state index contributed by atoms with van der Waals surface area (Å²) in [5.41, 5.74) is 10.8. The second-order valence-corrected chi connectivity index (χ2v) is 6.31. The number of allylic oxidation sites excluding steroid dienone is 1. The van der Waals surface area contributed by atoms with E-state index in [-0.39, 0.29) is 0 Å². The molecular weight excluding hydrogens is 256 g/mol. The number of unbranched alkanes of at least 4 members (excludes halogenated alkanes) is 15. The number of rotatable bonds is 17. The minimum Gasteiger partial charge on any atom is -0.405 e. The smallest absolute Gasteiger partial charge is 0.00773 e. The average molecular weight is 297 g/mol. The van der Waals surface area contributed by atoms with Gasteiger partial charge in [0.15, 0.2) is 0 Å². The first kappa shape index (κ1) is 20.5. The molecule has 2 heteroatoms. The predicted molar refractivity (Wildman–Crippen MR) is 96.3 cm³/mol. The normalized spacial score (nSPS) is 11.5. The maximum absolute atomic E-state index is 5.49. The van der Waals surface area contributed by atoms with E-state index in [1.807, 2.05) is 0 Å². The zero-order valence-electron chi connectivity index (χ0n) is 14.3. The van der Waals surface area contributed by atoms with Gasteiger partial charge in [0.1, 0.15) is 0 Å². The van der Waals surface area contributed by atoms with E-state index in [9.17, 15) is 0 Å². The highest BCUT2D eigenvalue weighted by atomic mass is 14.5. The minimum absolute atomic E-state index is 0.866. The number of nitrogens with two attached hydrogens (primary N) is 2. The first-order valence-electron chi connectivity index (χ1n) is 9.48. The minimum atomic E-state index is 0.866. The van der Waals surface area contributed by atoms with Crippen LogP contribution in [0.5, 0.6) is 0 Å². The van der Waals surface area contributed by atoms with Gasteiger partial charge in [-0.1, -0.05) is 89.5 Å². The van der Waals surface area contributed by atoms with E-state index in [2.05, 4.69) is 6.08 Å². The topological polar surface area (TPSA) is 52.0 Å². The van der Waals surface area contributed by atoms with Crippen molar-refractivity contribution in [3.8, 4) is 0 Å². The summed E-state index contributed by atoms with van der Waals surface area (Å²) >= 11 is 0. The Kier molecular flexibility index (Phi) is 19.0. The van der Waals surface area contributed by atoms with Crippen molar-refractivity contribution in [3.05, 3.63) is 12.3 Å². The summed E-state index contributed by atoms with van der Waals surface area (Å²) in [5.74, 6) is 0. The largest absolute Gasteiger partial charge is 0.405 e. The lowest BCUT2D eigenvalue weighted by molar-refractivity contribution is 0.531. The van der Waals surface area contributed by atoms with E-state index in [0.717, 1.165) is 13.0 Å². The lowest BCUT2D eigenvalue weighted by Gasteiger charge is -2.03. The molecule has 0 aliphatic rings. The molecule has 0 aromatic rings. The van der Waals surface area contributed by atoms with Gasteiger partial charge in [-0.25, -0.2) is 0 Å². The van der Waals surface area contributed by atoms with Crippen LogP contribution in [0.2, 0.25) is 0 Å². The zero-order valence-corrected chi connectivity index (χ0v) is 14.3. The van der Waals surface area contributed by atoms with E-state index in [4.69, 9.17) is 11.5 Å². The van der Waals surface area contributed by atoms with Gasteiger partial charge in [0, 0.05) is 0 Å². The highest BCUT2D eigenvalue weighted by Gasteiger charge is 1.94. The molecule has 0 aromatic heterocycles. The van der Waals surface area contributed by atoms with Crippen LogP contribution in [0.4, 0.5) is 0 Å². The van der Waals surface area contributed by atoms with Crippen LogP contribution in [0.1, 0.15) is 103 Å². The summed E-state index contributed by atoms with van der Waals surface area (Å²) in [7, 11) is 0. The number of hydrogen-bond donors (Lipinski definition) is 2. The highest BCUT2D eigenvalue weighted by molar-refractivity contribution is 4.74. The first-order valence-corrected chi connectivity index (χ1v) is 9.48. The third kappa shape index (κ3) is 19.5. The Labute approximate surface area is 133 Å². The van der Waals surface area contributed by atoms with Gasteiger partial charge in [-0.05, 0) is 32.0 Å². The Morgan fingerprint density at radius 1 is 0.476 bits per heavy atom. The first-order chi connectivity index (χ1) is 10.4. The molecule has 0 fully saturated rings. The van der Waals surface area contributed by atoms with Crippen molar-refractivity contribution in [1.29, 1.82) is 0 Å². The molecule has 0 aromatic carbocycles. The van der Waals surface area contributed by atoms with Crippen molar-refractivity contribution in [1.82, 2.24) is 0 Å². The van der Waals surface area contributed by atoms with Gasteiger partial charge in [0.05, 0.1) is 0 Å². The summed E-state index contributed by atoms with van der Waals surface area (Å²) in [6.45, 7) is 0.866. The molecule has 0 rings (SSSR count). The molecule has 0 aliphatic heterocycles. The van der Waals surface area contributed by atoms with Crippen LogP contribution in [0.15, 0.2) is 12.3 Å². The van der Waals surface area contributed by atoms with Crippen LogP contribution in [0.25, 0.3) is 0 Å². The summed E-state index contributed by atoms with van der Waals surface area (Å²) in [6.07, 6.45) is 25.8. The molecule has 0 bridgehead atoms. The lowest BCUT2D eigenvalue weighted by atomic mass is 10.0. The average Bonchev–Trinajstić information content (AvgIpc) is 2.50. The van der Waals surface area contributed by atoms with Gasteiger partial charge in [-0.3, -0.25) is 0 Å². The van der Waals surface area contributed by atoms with E-state index in [1.165, 1.54) is 96.3 Å². The molecular formula is C19H40N2. The Bertz CT molecular complexity index is 202. The molecule has 0 amide bonds. The Hall–Kier alpha value is -0.500. The van der Waals surface area contributed by atoms with E-state index in [1.54, 1.807) is 6.20 Å². The lowest BCUT2D eigenvalue weighted by Crippen LogP contribution is -1.97. The maximum atomic E-state index is 5.49. The molecule has 0 unspecified atom stereocenters. The third-order valence-corrected chi connectivity index (χ3v) is 4.21. The molecule has 21 heavy (non-hydrogen) atoms. The molecule has 0 heterocycles. The van der Waals surface area contributed by atoms with Crippen molar-refractivity contribution >= 4 is 0 Å². The Morgan fingerprint density at radius 3 is 1.14 bits per heavy atom. The molecule has 0 radical (unpaired) electrons. The zero-order chi connectivity index (χ0) is 15.4. The maximum Gasteiger partial charge on any atom is -0.00773 e. The molecule has 0 saturated heterocycles. The van der Waals surface area contributed by atoms with Crippen molar-refractivity contribution in [2.45, 2.75) is 103 Å². The van der Waals surface area contributed by atoms with Gasteiger partial charge < -0.3 is 11.5 Å². The summed E-state index contributed by atoms with van der Waals surface area (Å²) in [6, 6.07) is 0.